The minimum atomic E-state index is -0.881. The second-order valence-corrected chi connectivity index (χ2v) is 2.67. The molecule has 78 valence electrons. The first-order valence-electron chi connectivity index (χ1n) is 3.98. The smallest absolute Gasteiger partial charge is 0.244 e. The van der Waals surface area contributed by atoms with Crippen LogP contribution in [0.2, 0.25) is 0 Å². The topological polar surface area (TPSA) is 115 Å². The summed E-state index contributed by atoms with van der Waals surface area (Å²) >= 11 is 0. The molecule has 0 fully saturated rings. The molecule has 0 radical (unpaired) electrons. The number of primary amides is 2. The van der Waals surface area contributed by atoms with Gasteiger partial charge in [0.15, 0.2) is 0 Å². The van der Waals surface area contributed by atoms with Crippen LogP contribution >= 0.6 is 0 Å². The number of hydrogen-bond donors (Lipinski definition) is 3. The van der Waals surface area contributed by atoms with Crippen molar-refractivity contribution < 1.29 is 14.4 Å². The Balaban J connectivity index is 4.15. The first kappa shape index (κ1) is 12.2. The van der Waals surface area contributed by atoms with Gasteiger partial charge in [-0.05, 0) is 12.5 Å². The Morgan fingerprint density at radius 3 is 2.29 bits per heavy atom. The van der Waals surface area contributed by atoms with Gasteiger partial charge >= 0.3 is 0 Å². The van der Waals surface area contributed by atoms with Crippen molar-refractivity contribution >= 4 is 17.7 Å². The summed E-state index contributed by atoms with van der Waals surface area (Å²) in [4.78, 5) is 32.0. The summed E-state index contributed by atoms with van der Waals surface area (Å²) in [6.45, 7) is 3.21. The monoisotopic (exact) mass is 199 g/mol. The number of carbonyl (C=O) groups excluding carboxylic acids is 3. The van der Waals surface area contributed by atoms with Crippen molar-refractivity contribution in [3.05, 3.63) is 12.7 Å². The maximum Gasteiger partial charge on any atom is 0.244 e. The van der Waals surface area contributed by atoms with Crippen molar-refractivity contribution in [2.45, 2.75) is 18.9 Å². The first-order valence-corrected chi connectivity index (χ1v) is 3.98. The number of carbonyl (C=O) groups is 3. The van der Waals surface area contributed by atoms with Gasteiger partial charge in [0.2, 0.25) is 17.7 Å². The molecule has 6 nitrogen and oxygen atoms in total. The molecule has 3 amide bonds. The van der Waals surface area contributed by atoms with E-state index in [4.69, 9.17) is 11.5 Å². The maximum atomic E-state index is 10.8. The summed E-state index contributed by atoms with van der Waals surface area (Å²) < 4.78 is 0. The molecule has 6 heteroatoms. The fourth-order valence-electron chi connectivity index (χ4n) is 0.803. The Bertz CT molecular complexity index is 263. The number of rotatable bonds is 6. The molecule has 0 heterocycles. The number of nitrogens with two attached hydrogens (primary N) is 2. The van der Waals surface area contributed by atoms with Gasteiger partial charge in [-0.3, -0.25) is 14.4 Å². The van der Waals surface area contributed by atoms with E-state index in [1.54, 1.807) is 0 Å². The van der Waals surface area contributed by atoms with E-state index in [0.717, 1.165) is 6.08 Å². The molecule has 0 saturated heterocycles. The number of amides is 3. The minimum Gasteiger partial charge on any atom is -0.370 e. The van der Waals surface area contributed by atoms with E-state index < -0.39 is 23.8 Å². The largest absolute Gasteiger partial charge is 0.370 e. The third kappa shape index (κ3) is 4.91. The number of nitrogens with one attached hydrogen (secondary N) is 1. The highest BCUT2D eigenvalue weighted by Gasteiger charge is 2.17. The van der Waals surface area contributed by atoms with Gasteiger partial charge < -0.3 is 16.8 Å². The van der Waals surface area contributed by atoms with Crippen LogP contribution in [-0.4, -0.2) is 23.8 Å². The summed E-state index contributed by atoms with van der Waals surface area (Å²) in [6, 6.07) is -0.881. The summed E-state index contributed by atoms with van der Waals surface area (Å²) in [5.74, 6) is -1.77. The lowest BCUT2D eigenvalue weighted by atomic mass is 10.1. The third-order valence-corrected chi connectivity index (χ3v) is 1.52. The van der Waals surface area contributed by atoms with Crippen LogP contribution in [0.5, 0.6) is 0 Å². The molecule has 1 unspecified atom stereocenters. The van der Waals surface area contributed by atoms with Gasteiger partial charge in [-0.15, -0.1) is 0 Å². The lowest BCUT2D eigenvalue weighted by molar-refractivity contribution is -0.125. The quantitative estimate of drug-likeness (QED) is 0.448. The summed E-state index contributed by atoms with van der Waals surface area (Å²) in [5.41, 5.74) is 9.87. The molecule has 0 aliphatic carbocycles. The van der Waals surface area contributed by atoms with Crippen LogP contribution in [0.25, 0.3) is 0 Å². The van der Waals surface area contributed by atoms with E-state index in [1.807, 2.05) is 0 Å². The lowest BCUT2D eigenvalue weighted by Crippen LogP contribution is -2.44. The molecular formula is C8H13N3O3. The van der Waals surface area contributed by atoms with Gasteiger partial charge in [0.1, 0.15) is 6.04 Å². The zero-order chi connectivity index (χ0) is 11.1. The molecule has 0 rings (SSSR count). The van der Waals surface area contributed by atoms with Crippen LogP contribution in [0.1, 0.15) is 12.8 Å². The van der Waals surface area contributed by atoms with E-state index in [0.29, 0.717) is 0 Å². The van der Waals surface area contributed by atoms with Gasteiger partial charge in [0, 0.05) is 6.42 Å². The van der Waals surface area contributed by atoms with E-state index in [-0.39, 0.29) is 12.8 Å². The van der Waals surface area contributed by atoms with Crippen LogP contribution < -0.4 is 16.8 Å². The summed E-state index contributed by atoms with van der Waals surface area (Å²) in [7, 11) is 0. The summed E-state index contributed by atoms with van der Waals surface area (Å²) in [5, 5.41) is 2.28. The second-order valence-electron chi connectivity index (χ2n) is 2.67. The predicted molar refractivity (Wildman–Crippen MR) is 49.8 cm³/mol. The third-order valence-electron chi connectivity index (χ3n) is 1.52. The fraction of sp³-hybridized carbons (Fsp3) is 0.375. The van der Waals surface area contributed by atoms with E-state index >= 15 is 0 Å². The molecule has 14 heavy (non-hydrogen) atoms. The first-order chi connectivity index (χ1) is 6.47. The van der Waals surface area contributed by atoms with Crippen molar-refractivity contribution in [1.29, 1.82) is 0 Å². The molecule has 0 bridgehead atoms. The minimum absolute atomic E-state index is 0.00890. The molecule has 0 aliphatic heterocycles. The van der Waals surface area contributed by atoms with Gasteiger partial charge in [-0.25, -0.2) is 0 Å². The molecular weight excluding hydrogens is 186 g/mol. The SMILES string of the molecule is C=CC(=O)NC(CCC(N)=O)C(N)=O. The predicted octanol–water partition coefficient (Wildman–Crippen LogP) is -1.59. The number of hydrogen-bond acceptors (Lipinski definition) is 3. The molecule has 5 N–H and O–H groups in total. The van der Waals surface area contributed by atoms with Crippen LogP contribution in [0.3, 0.4) is 0 Å². The molecule has 1 atom stereocenters. The van der Waals surface area contributed by atoms with Gasteiger partial charge in [-0.2, -0.15) is 0 Å². The van der Waals surface area contributed by atoms with E-state index in [1.165, 1.54) is 0 Å². The fourth-order valence-corrected chi connectivity index (χ4v) is 0.803. The highest BCUT2D eigenvalue weighted by atomic mass is 16.2. The standard InChI is InChI=1S/C8H13N3O3/c1-2-7(13)11-5(8(10)14)3-4-6(9)12/h2,5H,1,3-4H2,(H2,9,12)(H2,10,14)(H,11,13). The Morgan fingerprint density at radius 2 is 1.93 bits per heavy atom. The highest BCUT2D eigenvalue weighted by molar-refractivity contribution is 5.92. The average molecular weight is 199 g/mol. The molecule has 0 aromatic heterocycles. The van der Waals surface area contributed by atoms with Crippen LogP contribution in [0, 0.1) is 0 Å². The molecule has 0 saturated carbocycles. The van der Waals surface area contributed by atoms with Crippen molar-refractivity contribution in [2.75, 3.05) is 0 Å². The lowest BCUT2D eigenvalue weighted by Gasteiger charge is -2.12. The van der Waals surface area contributed by atoms with Crippen molar-refractivity contribution in [3.8, 4) is 0 Å². The molecule has 0 aromatic carbocycles. The Labute approximate surface area is 81.3 Å². The van der Waals surface area contributed by atoms with Gasteiger partial charge in [0.25, 0.3) is 0 Å². The maximum absolute atomic E-state index is 10.8. The molecule has 0 spiro atoms. The van der Waals surface area contributed by atoms with Gasteiger partial charge in [-0.1, -0.05) is 6.58 Å². The zero-order valence-corrected chi connectivity index (χ0v) is 7.66. The highest BCUT2D eigenvalue weighted by Crippen LogP contribution is 1.96. The second kappa shape index (κ2) is 5.74. The van der Waals surface area contributed by atoms with Crippen molar-refractivity contribution in [2.24, 2.45) is 11.5 Å². The molecule has 0 aromatic rings. The van der Waals surface area contributed by atoms with Gasteiger partial charge in [0.05, 0.1) is 0 Å². The van der Waals surface area contributed by atoms with Crippen molar-refractivity contribution in [1.82, 2.24) is 5.32 Å². The van der Waals surface area contributed by atoms with E-state index in [9.17, 15) is 14.4 Å². The Hall–Kier alpha value is -1.85. The van der Waals surface area contributed by atoms with Crippen molar-refractivity contribution in [3.63, 3.8) is 0 Å². The Kier molecular flexibility index (Phi) is 4.98. The van der Waals surface area contributed by atoms with Crippen LogP contribution in [0.15, 0.2) is 12.7 Å². The zero-order valence-electron chi connectivity index (χ0n) is 7.66. The van der Waals surface area contributed by atoms with Crippen LogP contribution in [-0.2, 0) is 14.4 Å². The summed E-state index contributed by atoms with van der Waals surface area (Å²) in [6.07, 6.45) is 1.11. The average Bonchev–Trinajstić information content (AvgIpc) is 2.10. The van der Waals surface area contributed by atoms with E-state index in [2.05, 4.69) is 11.9 Å². The van der Waals surface area contributed by atoms with Crippen LogP contribution in [0.4, 0.5) is 0 Å². The molecule has 0 aliphatic rings. The normalized spacial score (nSPS) is 11.4. The Morgan fingerprint density at radius 1 is 1.36 bits per heavy atom.